The Morgan fingerprint density at radius 1 is 1.27 bits per heavy atom. The minimum atomic E-state index is 1.01. The van der Waals surface area contributed by atoms with Crippen molar-refractivity contribution in [2.45, 2.75) is 27.3 Å². The number of benzene rings is 1. The van der Waals surface area contributed by atoms with Crippen LogP contribution in [-0.4, -0.2) is 4.57 Å². The summed E-state index contributed by atoms with van der Waals surface area (Å²) in [6.45, 7) is 7.43. The highest BCUT2D eigenvalue weighted by Gasteiger charge is 2.07. The van der Waals surface area contributed by atoms with Gasteiger partial charge in [0.05, 0.1) is 6.54 Å². The van der Waals surface area contributed by atoms with Crippen LogP contribution in [0.4, 0.5) is 0 Å². The van der Waals surface area contributed by atoms with E-state index < -0.39 is 0 Å². The molecule has 1 aromatic carbocycles. The molecule has 0 bridgehead atoms. The van der Waals surface area contributed by atoms with Crippen LogP contribution in [0.3, 0.4) is 0 Å². The molecule has 0 spiro atoms. The van der Waals surface area contributed by atoms with Crippen LogP contribution in [0, 0.1) is 13.8 Å². The zero-order chi connectivity index (χ0) is 10.8. The highest BCUT2D eigenvalue weighted by Crippen LogP contribution is 2.14. The molecule has 2 nitrogen and oxygen atoms in total. The maximum absolute atomic E-state index is 2.21. The third-order valence-electron chi connectivity index (χ3n) is 2.69. The Balaban J connectivity index is 2.44. The van der Waals surface area contributed by atoms with Gasteiger partial charge in [-0.15, -0.1) is 0 Å². The number of aryl methyl sites for hydroxylation is 3. The van der Waals surface area contributed by atoms with Crippen molar-refractivity contribution in [3.63, 3.8) is 0 Å². The number of aromatic nitrogens is 2. The van der Waals surface area contributed by atoms with E-state index in [1.54, 1.807) is 0 Å². The average Bonchev–Trinajstić information content (AvgIpc) is 2.66. The van der Waals surface area contributed by atoms with E-state index in [2.05, 4.69) is 66.8 Å². The summed E-state index contributed by atoms with van der Waals surface area (Å²) in [6.07, 6.45) is 6.32. The number of hydrogen-bond acceptors (Lipinski definition) is 0. The van der Waals surface area contributed by atoms with Gasteiger partial charge in [0.25, 0.3) is 0 Å². The Kier molecular flexibility index (Phi) is 2.58. The molecule has 0 atom stereocenters. The monoisotopic (exact) mass is 201 g/mol. The smallest absolute Gasteiger partial charge is 0.237 e. The van der Waals surface area contributed by atoms with E-state index in [0.29, 0.717) is 0 Å². The van der Waals surface area contributed by atoms with E-state index in [1.165, 1.54) is 16.8 Å². The van der Waals surface area contributed by atoms with E-state index in [1.807, 2.05) is 0 Å². The van der Waals surface area contributed by atoms with Crippen molar-refractivity contribution in [1.82, 2.24) is 4.57 Å². The molecule has 0 radical (unpaired) electrons. The fraction of sp³-hybridized carbons (Fsp3) is 0.308. The average molecular weight is 201 g/mol. The van der Waals surface area contributed by atoms with Gasteiger partial charge < -0.3 is 0 Å². The zero-order valence-electron chi connectivity index (χ0n) is 9.57. The summed E-state index contributed by atoms with van der Waals surface area (Å²) in [7, 11) is 0. The molecule has 0 N–H and O–H groups in total. The van der Waals surface area contributed by atoms with Crippen LogP contribution in [0.5, 0.6) is 0 Å². The Labute approximate surface area is 90.8 Å². The summed E-state index contributed by atoms with van der Waals surface area (Å²) in [6, 6.07) is 6.54. The zero-order valence-corrected chi connectivity index (χ0v) is 9.57. The van der Waals surface area contributed by atoms with Crippen molar-refractivity contribution in [2.24, 2.45) is 0 Å². The van der Waals surface area contributed by atoms with Gasteiger partial charge in [0, 0.05) is 0 Å². The molecule has 2 aromatic rings. The summed E-state index contributed by atoms with van der Waals surface area (Å²) in [4.78, 5) is 0. The molecule has 1 heterocycles. The SMILES string of the molecule is CC[n+]1ccn(-c2ccc(C)cc2C)c1. The topological polar surface area (TPSA) is 8.81 Å². The maximum atomic E-state index is 2.21. The van der Waals surface area contributed by atoms with Gasteiger partial charge in [-0.1, -0.05) is 17.7 Å². The molecule has 0 saturated carbocycles. The summed E-state index contributed by atoms with van der Waals surface area (Å²) in [5, 5.41) is 0. The lowest BCUT2D eigenvalue weighted by atomic mass is 10.1. The quantitative estimate of drug-likeness (QED) is 0.660. The molecule has 78 valence electrons. The lowest BCUT2D eigenvalue weighted by molar-refractivity contribution is -0.692. The standard InChI is InChI=1S/C13H17N2/c1-4-14-7-8-15(10-14)13-6-5-11(2)9-12(13)3/h5-10H,4H2,1-3H3/q+1. The molecule has 0 aliphatic heterocycles. The van der Waals surface area contributed by atoms with Crippen LogP contribution in [0.25, 0.3) is 5.69 Å². The molecule has 0 saturated heterocycles. The predicted molar refractivity (Wildman–Crippen MR) is 61.1 cm³/mol. The van der Waals surface area contributed by atoms with E-state index in [4.69, 9.17) is 0 Å². The van der Waals surface area contributed by atoms with E-state index >= 15 is 0 Å². The van der Waals surface area contributed by atoms with Gasteiger partial charge in [-0.25, -0.2) is 9.13 Å². The molecule has 15 heavy (non-hydrogen) atoms. The van der Waals surface area contributed by atoms with E-state index in [9.17, 15) is 0 Å². The molecular weight excluding hydrogens is 184 g/mol. The highest BCUT2D eigenvalue weighted by atomic mass is 15.1. The normalized spacial score (nSPS) is 10.6. The van der Waals surface area contributed by atoms with Crippen molar-refractivity contribution in [2.75, 3.05) is 0 Å². The summed E-state index contributed by atoms with van der Waals surface area (Å²) in [5.74, 6) is 0. The van der Waals surface area contributed by atoms with E-state index in [-0.39, 0.29) is 0 Å². The molecule has 2 rings (SSSR count). The van der Waals surface area contributed by atoms with Gasteiger partial charge in [-0.3, -0.25) is 0 Å². The van der Waals surface area contributed by atoms with Crippen molar-refractivity contribution in [1.29, 1.82) is 0 Å². The Hall–Kier alpha value is -1.57. The maximum Gasteiger partial charge on any atom is 0.248 e. The predicted octanol–water partition coefficient (Wildman–Crippen LogP) is 2.40. The van der Waals surface area contributed by atoms with Crippen LogP contribution < -0.4 is 4.57 Å². The van der Waals surface area contributed by atoms with Gasteiger partial charge in [0.1, 0.15) is 18.1 Å². The highest BCUT2D eigenvalue weighted by molar-refractivity contribution is 5.42. The number of rotatable bonds is 2. The largest absolute Gasteiger partial charge is 0.248 e. The third kappa shape index (κ3) is 1.94. The second-order valence-electron chi connectivity index (χ2n) is 3.94. The summed E-state index contributed by atoms with van der Waals surface area (Å²) in [5.41, 5.74) is 3.88. The van der Waals surface area contributed by atoms with Crippen LogP contribution in [-0.2, 0) is 6.54 Å². The van der Waals surface area contributed by atoms with Crippen LogP contribution >= 0.6 is 0 Å². The molecule has 0 unspecified atom stereocenters. The Bertz CT molecular complexity index is 469. The Morgan fingerprint density at radius 3 is 2.67 bits per heavy atom. The van der Waals surface area contributed by atoms with Crippen molar-refractivity contribution in [3.05, 3.63) is 48.0 Å². The molecule has 0 aliphatic carbocycles. The molecule has 2 heteroatoms. The van der Waals surface area contributed by atoms with Crippen LogP contribution in [0.15, 0.2) is 36.9 Å². The first kappa shape index (κ1) is 9.97. The molecular formula is C13H17N2+. The second-order valence-corrected chi connectivity index (χ2v) is 3.94. The first-order valence-electron chi connectivity index (χ1n) is 5.35. The Morgan fingerprint density at radius 2 is 2.07 bits per heavy atom. The number of imidazole rings is 1. The fourth-order valence-electron chi connectivity index (χ4n) is 1.82. The van der Waals surface area contributed by atoms with Crippen molar-refractivity contribution >= 4 is 0 Å². The summed E-state index contributed by atoms with van der Waals surface area (Å²) >= 11 is 0. The lowest BCUT2D eigenvalue weighted by Gasteiger charge is -2.01. The molecule has 0 fully saturated rings. The van der Waals surface area contributed by atoms with Gasteiger partial charge in [0.15, 0.2) is 0 Å². The minimum absolute atomic E-state index is 1.01. The minimum Gasteiger partial charge on any atom is -0.237 e. The first-order valence-corrected chi connectivity index (χ1v) is 5.35. The van der Waals surface area contributed by atoms with Gasteiger partial charge in [-0.2, -0.15) is 0 Å². The number of hydrogen-bond donors (Lipinski definition) is 0. The molecule has 1 aromatic heterocycles. The molecule has 0 amide bonds. The first-order chi connectivity index (χ1) is 7.20. The van der Waals surface area contributed by atoms with E-state index in [0.717, 1.165) is 6.54 Å². The van der Waals surface area contributed by atoms with Crippen LogP contribution in [0.2, 0.25) is 0 Å². The second kappa shape index (κ2) is 3.89. The van der Waals surface area contributed by atoms with Crippen molar-refractivity contribution in [3.8, 4) is 5.69 Å². The third-order valence-corrected chi connectivity index (χ3v) is 2.69. The van der Waals surface area contributed by atoms with Crippen molar-refractivity contribution < 1.29 is 4.57 Å². The summed E-state index contributed by atoms with van der Waals surface area (Å²) < 4.78 is 4.33. The van der Waals surface area contributed by atoms with Gasteiger partial charge in [-0.05, 0) is 32.4 Å². The van der Waals surface area contributed by atoms with Gasteiger partial charge in [0.2, 0.25) is 6.33 Å². The number of nitrogens with zero attached hydrogens (tertiary/aromatic N) is 2. The molecule has 0 aliphatic rings. The van der Waals surface area contributed by atoms with Crippen LogP contribution in [0.1, 0.15) is 18.1 Å². The fourth-order valence-corrected chi connectivity index (χ4v) is 1.82. The lowest BCUT2D eigenvalue weighted by Crippen LogP contribution is -2.28. The van der Waals surface area contributed by atoms with Gasteiger partial charge >= 0.3 is 0 Å².